The van der Waals surface area contributed by atoms with Crippen molar-refractivity contribution in [3.05, 3.63) is 29.8 Å². The van der Waals surface area contributed by atoms with E-state index in [2.05, 4.69) is 13.8 Å². The molecule has 1 aliphatic heterocycles. The van der Waals surface area contributed by atoms with Crippen molar-refractivity contribution in [3.63, 3.8) is 0 Å². The molecule has 110 valence electrons. The highest BCUT2D eigenvalue weighted by Gasteiger charge is 2.37. The van der Waals surface area contributed by atoms with Crippen LogP contribution in [0.1, 0.15) is 44.7 Å². The van der Waals surface area contributed by atoms with Crippen LogP contribution in [0, 0.1) is 0 Å². The van der Waals surface area contributed by atoms with Crippen molar-refractivity contribution in [1.29, 1.82) is 0 Å². The first-order valence-corrected chi connectivity index (χ1v) is 7.45. The topological polar surface area (TPSA) is 55.6 Å². The van der Waals surface area contributed by atoms with E-state index < -0.39 is 0 Å². The molecule has 4 nitrogen and oxygen atoms in total. The normalized spacial score (nSPS) is 22.4. The zero-order chi connectivity index (χ0) is 14.5. The minimum atomic E-state index is -0.114. The third-order valence-corrected chi connectivity index (χ3v) is 3.63. The molecule has 20 heavy (non-hydrogen) atoms. The smallest absolute Gasteiger partial charge is 0.224 e. The maximum Gasteiger partial charge on any atom is 0.224 e. The summed E-state index contributed by atoms with van der Waals surface area (Å²) in [4.78, 5) is 13.9. The first-order chi connectivity index (χ1) is 9.67. The van der Waals surface area contributed by atoms with Gasteiger partial charge in [0.25, 0.3) is 0 Å². The fourth-order valence-corrected chi connectivity index (χ4v) is 2.73. The zero-order valence-corrected chi connectivity index (χ0v) is 12.3. The van der Waals surface area contributed by atoms with Gasteiger partial charge >= 0.3 is 0 Å². The average molecular weight is 276 g/mol. The van der Waals surface area contributed by atoms with Crippen LogP contribution in [0.25, 0.3) is 0 Å². The first-order valence-electron chi connectivity index (χ1n) is 7.45. The largest absolute Gasteiger partial charge is 0.494 e. The van der Waals surface area contributed by atoms with Gasteiger partial charge < -0.3 is 15.4 Å². The van der Waals surface area contributed by atoms with Crippen LogP contribution in [-0.4, -0.2) is 30.0 Å². The average Bonchev–Trinajstić information content (AvgIpc) is 2.72. The summed E-state index contributed by atoms with van der Waals surface area (Å²) in [7, 11) is 0. The third-order valence-electron chi connectivity index (χ3n) is 3.63. The summed E-state index contributed by atoms with van der Waals surface area (Å²) in [6.07, 6.45) is 2.39. The van der Waals surface area contributed by atoms with E-state index in [1.165, 1.54) is 0 Å². The van der Waals surface area contributed by atoms with Gasteiger partial charge in [-0.25, -0.2) is 0 Å². The van der Waals surface area contributed by atoms with Gasteiger partial charge in [0.05, 0.1) is 12.6 Å². The van der Waals surface area contributed by atoms with Crippen LogP contribution < -0.4 is 10.5 Å². The van der Waals surface area contributed by atoms with Crippen LogP contribution in [0.3, 0.4) is 0 Å². The van der Waals surface area contributed by atoms with Gasteiger partial charge in [-0.15, -0.1) is 0 Å². The predicted molar refractivity (Wildman–Crippen MR) is 79.6 cm³/mol. The molecule has 1 aromatic rings. The second-order valence-corrected chi connectivity index (χ2v) is 5.32. The Kier molecular flexibility index (Phi) is 5.01. The Labute approximate surface area is 120 Å². The Morgan fingerprint density at radius 2 is 1.95 bits per heavy atom. The molecule has 0 aliphatic carbocycles. The molecule has 1 aliphatic rings. The lowest BCUT2D eigenvalue weighted by molar-refractivity contribution is -0.129. The molecule has 2 atom stereocenters. The highest BCUT2D eigenvalue weighted by Crippen LogP contribution is 2.32. The van der Waals surface area contributed by atoms with Crippen LogP contribution in [0.5, 0.6) is 5.75 Å². The van der Waals surface area contributed by atoms with Crippen molar-refractivity contribution >= 4 is 5.91 Å². The summed E-state index contributed by atoms with van der Waals surface area (Å²) >= 11 is 0. The Morgan fingerprint density at radius 1 is 1.25 bits per heavy atom. The summed E-state index contributed by atoms with van der Waals surface area (Å²) in [6.45, 7) is 5.66. The van der Waals surface area contributed by atoms with Crippen LogP contribution in [0.4, 0.5) is 0 Å². The summed E-state index contributed by atoms with van der Waals surface area (Å²) in [6, 6.07) is 7.86. The summed E-state index contributed by atoms with van der Waals surface area (Å²) in [5.74, 6) is 1.03. The van der Waals surface area contributed by atoms with Crippen LogP contribution in [0.15, 0.2) is 24.3 Å². The van der Waals surface area contributed by atoms with Crippen LogP contribution in [0.2, 0.25) is 0 Å². The van der Waals surface area contributed by atoms with Gasteiger partial charge in [-0.2, -0.15) is 0 Å². The van der Waals surface area contributed by atoms with Crippen molar-refractivity contribution in [3.8, 4) is 5.75 Å². The minimum Gasteiger partial charge on any atom is -0.494 e. The molecule has 0 saturated carbocycles. The maximum absolute atomic E-state index is 12.0. The van der Waals surface area contributed by atoms with Gasteiger partial charge in [-0.3, -0.25) is 4.79 Å². The molecule has 2 N–H and O–H groups in total. The fraction of sp³-hybridized carbons (Fsp3) is 0.562. The summed E-state index contributed by atoms with van der Waals surface area (Å²) < 4.78 is 5.58. The monoisotopic (exact) mass is 276 g/mol. The van der Waals surface area contributed by atoms with Crippen LogP contribution in [-0.2, 0) is 4.79 Å². The number of hydrogen-bond acceptors (Lipinski definition) is 3. The standard InChI is InChI=1S/C16H24N2O2/c1-3-9-18-15(19)11-14(17)16(18)12-5-7-13(8-6-12)20-10-4-2/h5-8,14,16H,3-4,9-11,17H2,1-2H3. The quantitative estimate of drug-likeness (QED) is 0.868. The number of hydrogen-bond donors (Lipinski definition) is 1. The van der Waals surface area contributed by atoms with E-state index in [-0.39, 0.29) is 18.0 Å². The van der Waals surface area contributed by atoms with Crippen molar-refractivity contribution < 1.29 is 9.53 Å². The fourth-order valence-electron chi connectivity index (χ4n) is 2.73. The number of amides is 1. The molecule has 4 heteroatoms. The number of likely N-dealkylation sites (tertiary alicyclic amines) is 1. The number of nitrogens with two attached hydrogens (primary N) is 1. The third kappa shape index (κ3) is 3.12. The first kappa shape index (κ1) is 14.9. The van der Waals surface area contributed by atoms with Gasteiger partial charge in [0.2, 0.25) is 5.91 Å². The second kappa shape index (κ2) is 6.75. The molecular formula is C16H24N2O2. The van der Waals surface area contributed by atoms with Crippen molar-refractivity contribution in [2.45, 2.75) is 45.2 Å². The van der Waals surface area contributed by atoms with E-state index in [1.807, 2.05) is 29.2 Å². The number of benzene rings is 1. The molecule has 0 bridgehead atoms. The molecule has 1 amide bonds. The Morgan fingerprint density at radius 3 is 2.55 bits per heavy atom. The van der Waals surface area contributed by atoms with Gasteiger partial charge in [-0.1, -0.05) is 26.0 Å². The number of carbonyl (C=O) groups is 1. The van der Waals surface area contributed by atoms with Crippen molar-refractivity contribution in [2.75, 3.05) is 13.2 Å². The molecule has 1 fully saturated rings. The van der Waals surface area contributed by atoms with E-state index in [9.17, 15) is 4.79 Å². The highest BCUT2D eigenvalue weighted by molar-refractivity contribution is 5.80. The van der Waals surface area contributed by atoms with E-state index >= 15 is 0 Å². The van der Waals surface area contributed by atoms with Gasteiger partial charge in [-0.05, 0) is 30.5 Å². The van der Waals surface area contributed by atoms with Gasteiger partial charge in [0, 0.05) is 19.0 Å². The maximum atomic E-state index is 12.0. The molecule has 1 heterocycles. The number of rotatable bonds is 6. The highest BCUT2D eigenvalue weighted by atomic mass is 16.5. The molecule has 1 aromatic carbocycles. The summed E-state index contributed by atoms with van der Waals surface area (Å²) in [5, 5.41) is 0. The molecule has 1 saturated heterocycles. The Balaban J connectivity index is 2.14. The van der Waals surface area contributed by atoms with E-state index in [4.69, 9.17) is 10.5 Å². The van der Waals surface area contributed by atoms with Gasteiger partial charge in [0.1, 0.15) is 5.75 Å². The molecule has 2 rings (SSSR count). The minimum absolute atomic E-state index is 0.00248. The zero-order valence-electron chi connectivity index (χ0n) is 12.3. The van der Waals surface area contributed by atoms with Crippen molar-refractivity contribution in [1.82, 2.24) is 4.90 Å². The second-order valence-electron chi connectivity index (χ2n) is 5.32. The molecule has 0 radical (unpaired) electrons. The predicted octanol–water partition coefficient (Wildman–Crippen LogP) is 2.49. The molecule has 0 aromatic heterocycles. The lowest BCUT2D eigenvalue weighted by atomic mass is 10.0. The van der Waals surface area contributed by atoms with E-state index in [0.717, 1.165) is 37.3 Å². The van der Waals surface area contributed by atoms with Crippen LogP contribution >= 0.6 is 0 Å². The van der Waals surface area contributed by atoms with E-state index in [1.54, 1.807) is 0 Å². The molecule has 2 unspecified atom stereocenters. The van der Waals surface area contributed by atoms with E-state index in [0.29, 0.717) is 6.42 Å². The number of carbonyl (C=O) groups excluding carboxylic acids is 1. The molecule has 0 spiro atoms. The Hall–Kier alpha value is -1.55. The number of ether oxygens (including phenoxy) is 1. The Bertz CT molecular complexity index is 444. The van der Waals surface area contributed by atoms with Gasteiger partial charge in [0.15, 0.2) is 0 Å². The lowest BCUT2D eigenvalue weighted by Gasteiger charge is -2.27. The SMILES string of the molecule is CCCOc1ccc(C2C(N)CC(=O)N2CCC)cc1. The number of nitrogens with zero attached hydrogens (tertiary/aromatic N) is 1. The molecular weight excluding hydrogens is 252 g/mol. The lowest BCUT2D eigenvalue weighted by Crippen LogP contribution is -2.33. The summed E-state index contributed by atoms with van der Waals surface area (Å²) in [5.41, 5.74) is 7.24. The van der Waals surface area contributed by atoms with Crippen molar-refractivity contribution in [2.24, 2.45) is 5.73 Å².